The number of aromatic nitrogens is 3. The molecule has 0 saturated heterocycles. The first-order valence-corrected chi connectivity index (χ1v) is 10.6. The Labute approximate surface area is 164 Å². The topological polar surface area (TPSA) is 105 Å². The number of sulfonamides is 1. The molecule has 10 heteroatoms. The van der Waals surface area contributed by atoms with Gasteiger partial charge in [0.2, 0.25) is 0 Å². The van der Waals surface area contributed by atoms with Gasteiger partial charge in [-0.2, -0.15) is 0 Å². The number of rotatable bonds is 5. The van der Waals surface area contributed by atoms with Gasteiger partial charge >= 0.3 is 0 Å². The number of hydrogen-bond donors (Lipinski definition) is 2. The van der Waals surface area contributed by atoms with Gasteiger partial charge in [-0.05, 0) is 43.3 Å². The number of anilines is 2. The predicted molar refractivity (Wildman–Crippen MR) is 107 cm³/mol. The van der Waals surface area contributed by atoms with Crippen LogP contribution in [0.15, 0.2) is 65.1 Å². The fourth-order valence-corrected chi connectivity index (χ4v) is 4.39. The highest BCUT2D eigenvalue weighted by molar-refractivity contribution is 7.92. The van der Waals surface area contributed by atoms with Crippen molar-refractivity contribution < 1.29 is 13.2 Å². The number of amides is 1. The first-order valence-electron chi connectivity index (χ1n) is 8.21. The van der Waals surface area contributed by atoms with E-state index in [-0.39, 0.29) is 16.6 Å². The molecule has 0 unspecified atom stereocenters. The molecule has 142 valence electrons. The van der Waals surface area contributed by atoms with E-state index in [9.17, 15) is 13.2 Å². The molecule has 4 aromatic rings. The van der Waals surface area contributed by atoms with Gasteiger partial charge in [-0.25, -0.2) is 18.4 Å². The Morgan fingerprint density at radius 2 is 1.93 bits per heavy atom. The lowest BCUT2D eigenvalue weighted by Crippen LogP contribution is -2.15. The van der Waals surface area contributed by atoms with Crippen molar-refractivity contribution in [2.24, 2.45) is 0 Å². The normalized spacial score (nSPS) is 11.5. The summed E-state index contributed by atoms with van der Waals surface area (Å²) in [4.78, 5) is 21.4. The zero-order chi connectivity index (χ0) is 19.7. The van der Waals surface area contributed by atoms with E-state index in [0.29, 0.717) is 11.4 Å². The zero-order valence-electron chi connectivity index (χ0n) is 14.7. The van der Waals surface area contributed by atoms with Crippen molar-refractivity contribution in [1.29, 1.82) is 0 Å². The molecule has 0 aliphatic rings. The smallest absolute Gasteiger partial charge is 0.275 e. The average molecular weight is 413 g/mol. The van der Waals surface area contributed by atoms with Gasteiger partial charge in [0.15, 0.2) is 4.96 Å². The van der Waals surface area contributed by atoms with Crippen molar-refractivity contribution in [2.45, 2.75) is 11.8 Å². The van der Waals surface area contributed by atoms with Crippen molar-refractivity contribution in [3.05, 3.63) is 71.6 Å². The minimum absolute atomic E-state index is 0.0642. The molecule has 0 spiro atoms. The Morgan fingerprint density at radius 3 is 2.61 bits per heavy atom. The molecule has 0 aliphatic heterocycles. The predicted octanol–water partition coefficient (Wildman–Crippen LogP) is 3.15. The van der Waals surface area contributed by atoms with Crippen molar-refractivity contribution >= 4 is 43.7 Å². The summed E-state index contributed by atoms with van der Waals surface area (Å²) in [6.45, 7) is 1.94. The molecule has 0 saturated carbocycles. The third kappa shape index (κ3) is 3.59. The van der Waals surface area contributed by atoms with Gasteiger partial charge in [0.25, 0.3) is 15.9 Å². The SMILES string of the molecule is Cc1csc2nc(C(=O)Nc3ccc(S(=O)(=O)Nc4ccccn4)cc3)cn12. The van der Waals surface area contributed by atoms with E-state index < -0.39 is 10.0 Å². The summed E-state index contributed by atoms with van der Waals surface area (Å²) in [7, 11) is -3.76. The zero-order valence-corrected chi connectivity index (χ0v) is 16.3. The maximum absolute atomic E-state index is 12.4. The van der Waals surface area contributed by atoms with Crippen LogP contribution in [0.2, 0.25) is 0 Å². The van der Waals surface area contributed by atoms with Crippen LogP contribution in [0.5, 0.6) is 0 Å². The molecule has 2 N–H and O–H groups in total. The summed E-state index contributed by atoms with van der Waals surface area (Å²) in [6, 6.07) is 10.8. The Morgan fingerprint density at radius 1 is 1.14 bits per heavy atom. The first kappa shape index (κ1) is 18.1. The molecule has 0 atom stereocenters. The number of fused-ring (bicyclic) bond motifs is 1. The van der Waals surface area contributed by atoms with Crippen LogP contribution < -0.4 is 10.0 Å². The highest BCUT2D eigenvalue weighted by atomic mass is 32.2. The number of pyridine rings is 1. The number of carbonyl (C=O) groups is 1. The molecular formula is C18H15N5O3S2. The van der Waals surface area contributed by atoms with Crippen LogP contribution in [0.3, 0.4) is 0 Å². The van der Waals surface area contributed by atoms with Gasteiger partial charge in [0.1, 0.15) is 11.5 Å². The molecule has 28 heavy (non-hydrogen) atoms. The van der Waals surface area contributed by atoms with E-state index in [1.807, 2.05) is 16.7 Å². The number of carbonyl (C=O) groups excluding carboxylic acids is 1. The lowest BCUT2D eigenvalue weighted by molar-refractivity contribution is 0.102. The summed E-state index contributed by atoms with van der Waals surface area (Å²) in [5, 5.41) is 4.68. The molecule has 0 radical (unpaired) electrons. The van der Waals surface area contributed by atoms with Crippen LogP contribution in [0.25, 0.3) is 4.96 Å². The van der Waals surface area contributed by atoms with Gasteiger partial charge in [0, 0.05) is 29.2 Å². The van der Waals surface area contributed by atoms with Gasteiger partial charge in [-0.3, -0.25) is 13.9 Å². The third-order valence-electron chi connectivity index (χ3n) is 3.95. The number of aryl methyl sites for hydroxylation is 1. The Balaban J connectivity index is 1.49. The van der Waals surface area contributed by atoms with E-state index in [1.54, 1.807) is 24.4 Å². The fourth-order valence-electron chi connectivity index (χ4n) is 2.54. The Hall–Kier alpha value is -3.24. The summed E-state index contributed by atoms with van der Waals surface area (Å²) in [5.41, 5.74) is 1.76. The van der Waals surface area contributed by atoms with Gasteiger partial charge in [-0.15, -0.1) is 11.3 Å². The highest BCUT2D eigenvalue weighted by Crippen LogP contribution is 2.19. The van der Waals surface area contributed by atoms with Gasteiger partial charge in [0.05, 0.1) is 4.90 Å². The monoisotopic (exact) mass is 413 g/mol. The maximum atomic E-state index is 12.4. The van der Waals surface area contributed by atoms with E-state index in [2.05, 4.69) is 20.0 Å². The van der Waals surface area contributed by atoms with E-state index in [0.717, 1.165) is 10.7 Å². The molecule has 0 fully saturated rings. The summed E-state index contributed by atoms with van der Waals surface area (Å²) in [5.74, 6) is -0.132. The van der Waals surface area contributed by atoms with Crippen molar-refractivity contribution in [2.75, 3.05) is 10.0 Å². The van der Waals surface area contributed by atoms with Crippen LogP contribution in [-0.2, 0) is 10.0 Å². The Bertz CT molecular complexity index is 1250. The number of benzene rings is 1. The number of thiazole rings is 1. The number of imidazole rings is 1. The Kier molecular flexibility index (Phi) is 4.57. The molecule has 1 aromatic carbocycles. The molecule has 1 amide bonds. The fraction of sp³-hybridized carbons (Fsp3) is 0.0556. The van der Waals surface area contributed by atoms with Crippen LogP contribution in [-0.4, -0.2) is 28.7 Å². The molecule has 0 bridgehead atoms. The molecule has 3 heterocycles. The number of nitrogens with one attached hydrogen (secondary N) is 2. The molecule has 3 aromatic heterocycles. The van der Waals surface area contributed by atoms with E-state index in [4.69, 9.17) is 0 Å². The molecular weight excluding hydrogens is 398 g/mol. The average Bonchev–Trinajstić information content (AvgIpc) is 3.25. The molecule has 0 aliphatic carbocycles. The molecule has 8 nitrogen and oxygen atoms in total. The minimum Gasteiger partial charge on any atom is -0.321 e. The second-order valence-electron chi connectivity index (χ2n) is 5.95. The molecule has 4 rings (SSSR count). The van der Waals surface area contributed by atoms with Crippen molar-refractivity contribution in [3.8, 4) is 0 Å². The number of hydrogen-bond acceptors (Lipinski definition) is 6. The third-order valence-corrected chi connectivity index (χ3v) is 6.28. The quantitative estimate of drug-likeness (QED) is 0.523. The van der Waals surface area contributed by atoms with Crippen molar-refractivity contribution in [1.82, 2.24) is 14.4 Å². The summed E-state index contributed by atoms with van der Waals surface area (Å²) >= 11 is 1.46. The summed E-state index contributed by atoms with van der Waals surface area (Å²) < 4.78 is 29.1. The standard InChI is InChI=1S/C18H15N5O3S2/c1-12-11-27-18-21-15(10-23(12)18)17(24)20-13-5-7-14(8-6-13)28(25,26)22-16-4-2-3-9-19-16/h2-11H,1H3,(H,19,22)(H,20,24). The lowest BCUT2D eigenvalue weighted by atomic mass is 10.3. The van der Waals surface area contributed by atoms with Crippen LogP contribution in [0.1, 0.15) is 16.2 Å². The number of nitrogens with zero attached hydrogens (tertiary/aromatic N) is 3. The van der Waals surface area contributed by atoms with Crippen molar-refractivity contribution in [3.63, 3.8) is 0 Å². The van der Waals surface area contributed by atoms with Gasteiger partial charge in [-0.1, -0.05) is 6.07 Å². The second kappa shape index (κ2) is 7.06. The lowest BCUT2D eigenvalue weighted by Gasteiger charge is -2.08. The van der Waals surface area contributed by atoms with Crippen LogP contribution in [0, 0.1) is 6.92 Å². The minimum atomic E-state index is -3.76. The highest BCUT2D eigenvalue weighted by Gasteiger charge is 2.16. The second-order valence-corrected chi connectivity index (χ2v) is 8.47. The van der Waals surface area contributed by atoms with E-state index >= 15 is 0 Å². The first-order chi connectivity index (χ1) is 13.4. The summed E-state index contributed by atoms with van der Waals surface area (Å²) in [6.07, 6.45) is 3.17. The maximum Gasteiger partial charge on any atom is 0.275 e. The van der Waals surface area contributed by atoms with Gasteiger partial charge < -0.3 is 5.32 Å². The van der Waals surface area contributed by atoms with E-state index in [1.165, 1.54) is 41.8 Å². The van der Waals surface area contributed by atoms with Crippen LogP contribution >= 0.6 is 11.3 Å². The van der Waals surface area contributed by atoms with Crippen LogP contribution in [0.4, 0.5) is 11.5 Å². The largest absolute Gasteiger partial charge is 0.321 e.